The highest BCUT2D eigenvalue weighted by Crippen LogP contribution is 2.27. The smallest absolute Gasteiger partial charge is 0.450 e. The van der Waals surface area contributed by atoms with Crippen LogP contribution in [-0.4, -0.2) is 16.4 Å². The van der Waals surface area contributed by atoms with Crippen molar-refractivity contribution in [2.45, 2.75) is 6.42 Å². The molecule has 0 fully saturated rings. The number of rotatable bonds is 0. The SMILES string of the molecule is C1=CC2=CC=C1C2.O=C(O)O. The van der Waals surface area contributed by atoms with Crippen molar-refractivity contribution in [2.24, 2.45) is 0 Å². The summed E-state index contributed by atoms with van der Waals surface area (Å²) in [5.41, 5.74) is 2.94. The largest absolute Gasteiger partial charge is 0.503 e. The van der Waals surface area contributed by atoms with E-state index in [0.717, 1.165) is 0 Å². The van der Waals surface area contributed by atoms with E-state index in [9.17, 15) is 0 Å². The molecular weight excluding hydrogens is 144 g/mol. The van der Waals surface area contributed by atoms with E-state index in [-0.39, 0.29) is 0 Å². The second-order valence-electron chi connectivity index (χ2n) is 2.28. The van der Waals surface area contributed by atoms with E-state index in [2.05, 4.69) is 24.3 Å². The number of carbonyl (C=O) groups is 1. The van der Waals surface area contributed by atoms with Gasteiger partial charge in [0.1, 0.15) is 0 Å². The Morgan fingerprint density at radius 3 is 1.64 bits per heavy atom. The zero-order valence-electron chi connectivity index (χ0n) is 5.82. The molecule has 2 aliphatic rings. The monoisotopic (exact) mass is 152 g/mol. The van der Waals surface area contributed by atoms with Crippen molar-refractivity contribution in [1.29, 1.82) is 0 Å². The Balaban J connectivity index is 0.000000134. The quantitative estimate of drug-likeness (QED) is 0.558. The van der Waals surface area contributed by atoms with Gasteiger partial charge in [-0.1, -0.05) is 24.3 Å². The molecule has 2 N–H and O–H groups in total. The fourth-order valence-corrected chi connectivity index (χ4v) is 1.01. The molecule has 3 nitrogen and oxygen atoms in total. The van der Waals surface area contributed by atoms with Gasteiger partial charge in [-0.2, -0.15) is 0 Å². The second kappa shape index (κ2) is 3.05. The summed E-state index contributed by atoms with van der Waals surface area (Å²) in [6, 6.07) is 0. The third-order valence-electron chi connectivity index (χ3n) is 1.43. The van der Waals surface area contributed by atoms with Crippen molar-refractivity contribution in [3.63, 3.8) is 0 Å². The van der Waals surface area contributed by atoms with E-state index in [1.165, 1.54) is 17.6 Å². The molecule has 2 bridgehead atoms. The third-order valence-corrected chi connectivity index (χ3v) is 1.43. The van der Waals surface area contributed by atoms with Gasteiger partial charge in [0.25, 0.3) is 0 Å². The molecule has 0 amide bonds. The van der Waals surface area contributed by atoms with E-state index in [4.69, 9.17) is 15.0 Å². The van der Waals surface area contributed by atoms with Crippen LogP contribution in [-0.2, 0) is 0 Å². The summed E-state index contributed by atoms with van der Waals surface area (Å²) in [7, 11) is 0. The van der Waals surface area contributed by atoms with Gasteiger partial charge in [0.2, 0.25) is 0 Å². The van der Waals surface area contributed by atoms with Crippen molar-refractivity contribution >= 4 is 6.16 Å². The Labute approximate surface area is 64.0 Å². The molecule has 58 valence electrons. The van der Waals surface area contributed by atoms with Gasteiger partial charge in [0.15, 0.2) is 0 Å². The average Bonchev–Trinajstić information content (AvgIpc) is 2.45. The highest BCUT2D eigenvalue weighted by Gasteiger charge is 2.07. The lowest BCUT2D eigenvalue weighted by Gasteiger charge is -1.77. The molecule has 3 heteroatoms. The lowest BCUT2D eigenvalue weighted by atomic mass is 10.3. The first-order valence-electron chi connectivity index (χ1n) is 3.18. The molecule has 0 radical (unpaired) electrons. The molecule has 0 spiro atoms. The average molecular weight is 152 g/mol. The summed E-state index contributed by atoms with van der Waals surface area (Å²) in [5.74, 6) is 0. The van der Waals surface area contributed by atoms with Gasteiger partial charge < -0.3 is 10.2 Å². The van der Waals surface area contributed by atoms with Crippen LogP contribution >= 0.6 is 0 Å². The van der Waals surface area contributed by atoms with Crippen LogP contribution in [0.3, 0.4) is 0 Å². The third kappa shape index (κ3) is 2.29. The first-order valence-corrected chi connectivity index (χ1v) is 3.18. The summed E-state index contributed by atoms with van der Waals surface area (Å²) in [6.07, 6.45) is 8.06. The number of hydrogen-bond donors (Lipinski definition) is 2. The van der Waals surface area contributed by atoms with E-state index in [0.29, 0.717) is 0 Å². The standard InChI is InChI=1S/C7H6.CH2O3/c1-2-7-4-3-6(1)5-7;2-1(3)4/h1-4H,5H2;(H2,2,3,4). The van der Waals surface area contributed by atoms with Gasteiger partial charge >= 0.3 is 6.16 Å². The molecule has 11 heavy (non-hydrogen) atoms. The van der Waals surface area contributed by atoms with Crippen LogP contribution in [0.2, 0.25) is 0 Å². The Kier molecular flexibility index (Phi) is 2.11. The maximum absolute atomic E-state index is 8.56. The number of hydrogen-bond acceptors (Lipinski definition) is 1. The normalized spacial score (nSPS) is 16.7. The molecule has 0 aromatic rings. The van der Waals surface area contributed by atoms with Crippen molar-refractivity contribution < 1.29 is 15.0 Å². The maximum atomic E-state index is 8.56. The van der Waals surface area contributed by atoms with Crippen LogP contribution in [0.5, 0.6) is 0 Å². The van der Waals surface area contributed by atoms with E-state index in [1.54, 1.807) is 0 Å². The van der Waals surface area contributed by atoms with Gasteiger partial charge in [-0.15, -0.1) is 0 Å². The molecular formula is C8H8O3. The van der Waals surface area contributed by atoms with E-state index < -0.39 is 6.16 Å². The number of carboxylic acid groups (broad SMARTS) is 2. The lowest BCUT2D eigenvalue weighted by Crippen LogP contribution is -1.81. The Morgan fingerprint density at radius 2 is 1.55 bits per heavy atom. The van der Waals surface area contributed by atoms with Gasteiger partial charge in [0.05, 0.1) is 0 Å². The van der Waals surface area contributed by atoms with Gasteiger partial charge in [-0.25, -0.2) is 4.79 Å². The Bertz CT molecular complexity index is 235. The first kappa shape index (κ1) is 7.60. The van der Waals surface area contributed by atoms with Crippen LogP contribution in [0.4, 0.5) is 4.79 Å². The number of allylic oxidation sites excluding steroid dienone is 6. The lowest BCUT2D eigenvalue weighted by molar-refractivity contribution is 0.137. The molecule has 2 aliphatic carbocycles. The molecule has 0 unspecified atom stereocenters. The summed E-state index contributed by atoms with van der Waals surface area (Å²) >= 11 is 0. The zero-order chi connectivity index (χ0) is 8.27. The minimum Gasteiger partial charge on any atom is -0.450 e. The molecule has 0 saturated carbocycles. The predicted molar refractivity (Wildman–Crippen MR) is 40.6 cm³/mol. The highest BCUT2D eigenvalue weighted by atomic mass is 16.6. The molecule has 0 heterocycles. The van der Waals surface area contributed by atoms with Gasteiger partial charge in [0, 0.05) is 0 Å². The van der Waals surface area contributed by atoms with Crippen LogP contribution in [0.15, 0.2) is 35.5 Å². The minimum atomic E-state index is -1.83. The van der Waals surface area contributed by atoms with Crippen LogP contribution in [0, 0.1) is 0 Å². The van der Waals surface area contributed by atoms with E-state index in [1.807, 2.05) is 0 Å². The van der Waals surface area contributed by atoms with Gasteiger partial charge in [-0.05, 0) is 17.6 Å². The Hall–Kier alpha value is -1.51. The predicted octanol–water partition coefficient (Wildman–Crippen LogP) is 2.04. The fourth-order valence-electron chi connectivity index (χ4n) is 1.01. The molecule has 0 aliphatic heterocycles. The first-order chi connectivity index (χ1) is 5.18. The Morgan fingerprint density at radius 1 is 1.18 bits per heavy atom. The summed E-state index contributed by atoms with van der Waals surface area (Å²) < 4.78 is 0. The number of fused-ring (bicyclic) bond motifs is 2. The van der Waals surface area contributed by atoms with Gasteiger partial charge in [-0.3, -0.25) is 0 Å². The molecule has 0 atom stereocenters. The summed E-state index contributed by atoms with van der Waals surface area (Å²) in [5, 5.41) is 13.9. The summed E-state index contributed by atoms with van der Waals surface area (Å²) in [4.78, 5) is 8.56. The maximum Gasteiger partial charge on any atom is 0.503 e. The molecule has 2 rings (SSSR count). The van der Waals surface area contributed by atoms with Crippen molar-refractivity contribution in [3.8, 4) is 0 Å². The summed E-state index contributed by atoms with van der Waals surface area (Å²) in [6.45, 7) is 0. The van der Waals surface area contributed by atoms with Crippen molar-refractivity contribution in [2.75, 3.05) is 0 Å². The van der Waals surface area contributed by atoms with Crippen molar-refractivity contribution in [3.05, 3.63) is 35.5 Å². The van der Waals surface area contributed by atoms with Crippen LogP contribution in [0.1, 0.15) is 6.42 Å². The van der Waals surface area contributed by atoms with Crippen LogP contribution in [0.25, 0.3) is 0 Å². The zero-order valence-corrected chi connectivity index (χ0v) is 5.82. The molecule has 0 aromatic carbocycles. The van der Waals surface area contributed by atoms with Crippen molar-refractivity contribution in [1.82, 2.24) is 0 Å². The molecule has 0 aromatic heterocycles. The topological polar surface area (TPSA) is 57.5 Å². The second-order valence-corrected chi connectivity index (χ2v) is 2.28. The fraction of sp³-hybridized carbons (Fsp3) is 0.125. The van der Waals surface area contributed by atoms with E-state index >= 15 is 0 Å². The minimum absolute atomic E-state index is 1.19. The van der Waals surface area contributed by atoms with Crippen LogP contribution < -0.4 is 0 Å². The highest BCUT2D eigenvalue weighted by molar-refractivity contribution is 5.53. The molecule has 0 saturated heterocycles.